The van der Waals surface area contributed by atoms with Gasteiger partial charge in [0.1, 0.15) is 12.6 Å². The summed E-state index contributed by atoms with van der Waals surface area (Å²) in [5, 5.41) is 6.87. The zero-order valence-electron chi connectivity index (χ0n) is 15.8. The summed E-state index contributed by atoms with van der Waals surface area (Å²) in [7, 11) is 0. The zero-order chi connectivity index (χ0) is 19.9. The van der Waals surface area contributed by atoms with Gasteiger partial charge in [0, 0.05) is 10.9 Å². The number of halogens is 1. The van der Waals surface area contributed by atoms with E-state index in [1.165, 1.54) is 0 Å². The smallest absolute Gasteiger partial charge is 0.408 e. The van der Waals surface area contributed by atoms with E-state index in [0.717, 1.165) is 15.6 Å². The maximum Gasteiger partial charge on any atom is 0.408 e. The third-order valence-corrected chi connectivity index (χ3v) is 4.71. The van der Waals surface area contributed by atoms with Gasteiger partial charge in [-0.2, -0.15) is 4.98 Å². The van der Waals surface area contributed by atoms with Crippen molar-refractivity contribution in [1.29, 1.82) is 0 Å². The normalized spacial score (nSPS) is 12.0. The second-order valence-electron chi connectivity index (χ2n) is 6.78. The van der Waals surface area contributed by atoms with Gasteiger partial charge in [0.15, 0.2) is 5.82 Å². The van der Waals surface area contributed by atoms with Gasteiger partial charge in [-0.3, -0.25) is 0 Å². The highest BCUT2D eigenvalue weighted by Crippen LogP contribution is 2.21. The van der Waals surface area contributed by atoms with E-state index in [2.05, 4.69) is 31.4 Å². The van der Waals surface area contributed by atoms with E-state index in [9.17, 15) is 4.79 Å². The minimum absolute atomic E-state index is 0.0604. The van der Waals surface area contributed by atoms with E-state index in [0.29, 0.717) is 18.1 Å². The largest absolute Gasteiger partial charge is 0.445 e. The lowest BCUT2D eigenvalue weighted by Gasteiger charge is -2.18. The number of rotatable bonds is 7. The first kappa shape index (κ1) is 20.1. The van der Waals surface area contributed by atoms with Crippen LogP contribution in [0.5, 0.6) is 0 Å². The molecule has 0 saturated heterocycles. The Morgan fingerprint density at radius 3 is 2.50 bits per heavy atom. The van der Waals surface area contributed by atoms with Crippen molar-refractivity contribution in [3.63, 3.8) is 0 Å². The first-order valence-corrected chi connectivity index (χ1v) is 9.84. The zero-order valence-corrected chi connectivity index (χ0v) is 17.3. The molecule has 0 fully saturated rings. The first-order valence-electron chi connectivity index (χ1n) is 9.05. The van der Waals surface area contributed by atoms with Crippen molar-refractivity contribution >= 4 is 22.0 Å². The van der Waals surface area contributed by atoms with Crippen molar-refractivity contribution in [2.75, 3.05) is 0 Å². The van der Waals surface area contributed by atoms with Gasteiger partial charge in [-0.15, -0.1) is 0 Å². The number of benzene rings is 2. The molecule has 3 aromatic rings. The molecule has 0 aliphatic heterocycles. The predicted molar refractivity (Wildman–Crippen MR) is 109 cm³/mol. The Bertz CT molecular complexity index is 895. The Hall–Kier alpha value is -2.67. The summed E-state index contributed by atoms with van der Waals surface area (Å²) in [5.41, 5.74) is 2.00. The Kier molecular flexibility index (Phi) is 6.81. The molecule has 1 atom stereocenters. The van der Waals surface area contributed by atoms with Crippen molar-refractivity contribution in [3.8, 4) is 0 Å². The molecule has 0 bridgehead atoms. The van der Waals surface area contributed by atoms with E-state index in [4.69, 9.17) is 9.26 Å². The topological polar surface area (TPSA) is 77.2 Å². The van der Waals surface area contributed by atoms with Crippen LogP contribution < -0.4 is 5.32 Å². The lowest BCUT2D eigenvalue weighted by Crippen LogP contribution is -2.32. The molecule has 146 valence electrons. The van der Waals surface area contributed by atoms with Gasteiger partial charge in [0.25, 0.3) is 0 Å². The summed E-state index contributed by atoms with van der Waals surface area (Å²) in [5.74, 6) is 1.01. The van der Waals surface area contributed by atoms with Crippen LogP contribution in [0, 0.1) is 5.92 Å². The Labute approximate surface area is 172 Å². The van der Waals surface area contributed by atoms with Crippen LogP contribution in [-0.2, 0) is 17.8 Å². The van der Waals surface area contributed by atoms with E-state index in [1.54, 1.807) is 0 Å². The van der Waals surface area contributed by atoms with E-state index in [1.807, 2.05) is 68.4 Å². The number of alkyl carbamates (subject to hydrolysis) is 1. The van der Waals surface area contributed by atoms with Gasteiger partial charge in [-0.05, 0) is 29.2 Å². The number of aromatic nitrogens is 2. The molecule has 7 heteroatoms. The minimum atomic E-state index is -0.518. The molecule has 6 nitrogen and oxygen atoms in total. The third-order valence-electron chi connectivity index (χ3n) is 4.18. The average Bonchev–Trinajstić information content (AvgIpc) is 3.15. The molecule has 1 aromatic heterocycles. The van der Waals surface area contributed by atoms with Crippen LogP contribution in [0.2, 0.25) is 0 Å². The van der Waals surface area contributed by atoms with Crippen molar-refractivity contribution in [2.45, 2.75) is 32.9 Å². The van der Waals surface area contributed by atoms with Crippen LogP contribution >= 0.6 is 15.9 Å². The lowest BCUT2D eigenvalue weighted by molar-refractivity contribution is 0.129. The second kappa shape index (κ2) is 9.50. The number of carbonyl (C=O) groups is 1. The van der Waals surface area contributed by atoms with Gasteiger partial charge in [0.2, 0.25) is 5.89 Å². The number of nitrogens with zero attached hydrogens (tertiary/aromatic N) is 2. The highest BCUT2D eigenvalue weighted by molar-refractivity contribution is 9.10. The number of carbonyl (C=O) groups excluding carboxylic acids is 1. The summed E-state index contributed by atoms with van der Waals surface area (Å²) in [6.45, 7) is 4.15. The number of nitrogens with one attached hydrogen (secondary N) is 1. The number of ether oxygens (including phenoxy) is 1. The fraction of sp³-hybridized carbons (Fsp3) is 0.286. The first-order chi connectivity index (χ1) is 13.5. The summed E-state index contributed by atoms with van der Waals surface area (Å²) >= 11 is 3.42. The molecule has 0 unspecified atom stereocenters. The van der Waals surface area contributed by atoms with Crippen molar-refractivity contribution in [3.05, 3.63) is 81.9 Å². The molecule has 0 spiro atoms. The lowest BCUT2D eigenvalue weighted by atomic mass is 10.0. The van der Waals surface area contributed by atoms with Gasteiger partial charge in [-0.1, -0.05) is 77.4 Å². The molecule has 2 aromatic carbocycles. The number of amides is 1. The number of hydrogen-bond donors (Lipinski definition) is 1. The molecule has 28 heavy (non-hydrogen) atoms. The van der Waals surface area contributed by atoms with Crippen LogP contribution in [0.1, 0.15) is 42.7 Å². The Morgan fingerprint density at radius 2 is 1.82 bits per heavy atom. The molecule has 1 amide bonds. The molecular weight excluding hydrogens is 422 g/mol. The van der Waals surface area contributed by atoms with Crippen molar-refractivity contribution < 1.29 is 14.1 Å². The summed E-state index contributed by atoms with van der Waals surface area (Å²) in [4.78, 5) is 16.7. The quantitative estimate of drug-likeness (QED) is 0.552. The highest BCUT2D eigenvalue weighted by atomic mass is 79.9. The molecular formula is C21H22BrN3O3. The summed E-state index contributed by atoms with van der Waals surface area (Å²) < 4.78 is 11.7. The summed E-state index contributed by atoms with van der Waals surface area (Å²) in [6.07, 6.45) is 0.0373. The molecule has 1 heterocycles. The van der Waals surface area contributed by atoms with E-state index in [-0.39, 0.29) is 12.5 Å². The predicted octanol–water partition coefficient (Wildman–Crippen LogP) is 5.05. The van der Waals surface area contributed by atoms with Crippen LogP contribution in [-0.4, -0.2) is 16.2 Å². The Morgan fingerprint density at radius 1 is 1.11 bits per heavy atom. The fourth-order valence-electron chi connectivity index (χ4n) is 2.66. The van der Waals surface area contributed by atoms with Gasteiger partial charge >= 0.3 is 6.09 Å². The third kappa shape index (κ3) is 5.66. The molecule has 0 saturated carbocycles. The summed E-state index contributed by atoms with van der Waals surface area (Å²) in [6, 6.07) is 17.0. The van der Waals surface area contributed by atoms with Gasteiger partial charge < -0.3 is 14.6 Å². The fourth-order valence-corrected chi connectivity index (χ4v) is 2.92. The standard InChI is InChI=1S/C21H22BrN3O3/c1-14(2)19(24-21(26)27-13-16-6-4-3-5-7-16)20-23-18(25-28-20)12-15-8-10-17(22)11-9-15/h3-11,14,19H,12-13H2,1-2H3,(H,24,26)/t19-/m0/s1. The van der Waals surface area contributed by atoms with E-state index >= 15 is 0 Å². The maximum atomic E-state index is 12.2. The number of hydrogen-bond acceptors (Lipinski definition) is 5. The van der Waals surface area contributed by atoms with Crippen LogP contribution in [0.25, 0.3) is 0 Å². The highest BCUT2D eigenvalue weighted by Gasteiger charge is 2.25. The molecule has 1 N–H and O–H groups in total. The monoisotopic (exact) mass is 443 g/mol. The second-order valence-corrected chi connectivity index (χ2v) is 7.70. The van der Waals surface area contributed by atoms with Gasteiger partial charge in [-0.25, -0.2) is 4.79 Å². The molecule has 0 aliphatic carbocycles. The SMILES string of the molecule is CC(C)[C@H](NC(=O)OCc1ccccc1)c1nc(Cc2ccc(Br)cc2)no1. The van der Waals surface area contributed by atoms with Crippen molar-refractivity contribution in [1.82, 2.24) is 15.5 Å². The average molecular weight is 444 g/mol. The Balaban J connectivity index is 1.61. The molecule has 3 rings (SSSR count). The van der Waals surface area contributed by atoms with Crippen molar-refractivity contribution in [2.24, 2.45) is 5.92 Å². The molecule has 0 radical (unpaired) electrons. The van der Waals surface area contributed by atoms with E-state index < -0.39 is 12.1 Å². The van der Waals surface area contributed by atoms with Crippen LogP contribution in [0.4, 0.5) is 4.79 Å². The van der Waals surface area contributed by atoms with Crippen LogP contribution in [0.15, 0.2) is 63.6 Å². The molecule has 0 aliphatic rings. The minimum Gasteiger partial charge on any atom is -0.445 e. The van der Waals surface area contributed by atoms with Gasteiger partial charge in [0.05, 0.1) is 0 Å². The maximum absolute atomic E-state index is 12.2. The van der Waals surface area contributed by atoms with Crippen LogP contribution in [0.3, 0.4) is 0 Å².